The van der Waals surface area contributed by atoms with Crippen LogP contribution in [-0.4, -0.2) is 15.9 Å². The topological polar surface area (TPSA) is 44.1 Å². The molecule has 0 saturated heterocycles. The maximum absolute atomic E-state index is 10.7. The molecule has 0 aliphatic heterocycles. The van der Waals surface area contributed by atoms with E-state index in [0.717, 1.165) is 4.85 Å². The number of rotatable bonds is 2. The molecular weight excluding hydrogens is 168 g/mol. The molecule has 1 rings (SSSR count). The van der Waals surface area contributed by atoms with Crippen LogP contribution in [0.2, 0.25) is 5.02 Å². The summed E-state index contributed by atoms with van der Waals surface area (Å²) >= 11 is 5.51. The van der Waals surface area contributed by atoms with Gasteiger partial charge in [0.05, 0.1) is 17.4 Å². The highest BCUT2D eigenvalue weighted by atomic mass is 35.5. The van der Waals surface area contributed by atoms with Gasteiger partial charge in [-0.2, -0.15) is 0 Å². The van der Waals surface area contributed by atoms with Crippen molar-refractivity contribution in [2.45, 2.75) is 13.3 Å². The van der Waals surface area contributed by atoms with Crippen molar-refractivity contribution in [3.05, 3.63) is 17.4 Å². The molecule has 0 aliphatic carbocycles. The SMILES string of the molecule is CCC(=O)On1cc(Cl)cn1. The minimum absolute atomic E-state index is 0.317. The van der Waals surface area contributed by atoms with Crippen LogP contribution in [0.4, 0.5) is 0 Å². The van der Waals surface area contributed by atoms with Gasteiger partial charge < -0.3 is 4.84 Å². The second-order valence-electron chi connectivity index (χ2n) is 1.88. The van der Waals surface area contributed by atoms with Crippen molar-refractivity contribution >= 4 is 17.6 Å². The van der Waals surface area contributed by atoms with E-state index in [1.807, 2.05) is 0 Å². The molecule has 0 bridgehead atoms. The van der Waals surface area contributed by atoms with Crippen LogP contribution in [0.15, 0.2) is 12.4 Å². The largest absolute Gasteiger partial charge is 0.334 e. The van der Waals surface area contributed by atoms with Crippen LogP contribution >= 0.6 is 11.6 Å². The minimum Gasteiger partial charge on any atom is -0.319 e. The summed E-state index contributed by atoms with van der Waals surface area (Å²) in [5.74, 6) is -0.343. The number of halogens is 1. The molecule has 1 heterocycles. The first-order chi connectivity index (χ1) is 5.22. The smallest absolute Gasteiger partial charge is 0.319 e. The Morgan fingerprint density at radius 2 is 2.64 bits per heavy atom. The van der Waals surface area contributed by atoms with Crippen molar-refractivity contribution in [1.82, 2.24) is 9.94 Å². The summed E-state index contributed by atoms with van der Waals surface area (Å²) in [7, 11) is 0. The van der Waals surface area contributed by atoms with E-state index in [2.05, 4.69) is 9.94 Å². The van der Waals surface area contributed by atoms with E-state index in [-0.39, 0.29) is 5.97 Å². The molecule has 0 radical (unpaired) electrons. The minimum atomic E-state index is -0.343. The fourth-order valence-corrected chi connectivity index (χ4v) is 0.630. The number of hydrogen-bond acceptors (Lipinski definition) is 3. The molecule has 0 aliphatic rings. The highest BCUT2D eigenvalue weighted by molar-refractivity contribution is 6.30. The zero-order valence-corrected chi connectivity index (χ0v) is 6.71. The zero-order valence-electron chi connectivity index (χ0n) is 5.95. The first-order valence-corrected chi connectivity index (χ1v) is 3.51. The monoisotopic (exact) mass is 174 g/mol. The van der Waals surface area contributed by atoms with Gasteiger partial charge in [0.1, 0.15) is 0 Å². The molecular formula is C6H7ClN2O2. The molecule has 0 fully saturated rings. The van der Waals surface area contributed by atoms with E-state index >= 15 is 0 Å². The van der Waals surface area contributed by atoms with E-state index in [0.29, 0.717) is 11.4 Å². The summed E-state index contributed by atoms with van der Waals surface area (Å²) in [4.78, 5) is 16.4. The zero-order chi connectivity index (χ0) is 8.27. The Balaban J connectivity index is 2.57. The predicted octanol–water partition coefficient (Wildman–Crippen LogP) is 0.902. The first-order valence-electron chi connectivity index (χ1n) is 3.13. The van der Waals surface area contributed by atoms with Gasteiger partial charge in [0, 0.05) is 6.42 Å². The van der Waals surface area contributed by atoms with Gasteiger partial charge >= 0.3 is 5.97 Å². The summed E-state index contributed by atoms with van der Waals surface area (Å²) in [5.41, 5.74) is 0. The van der Waals surface area contributed by atoms with E-state index in [1.54, 1.807) is 6.92 Å². The fourth-order valence-electron chi connectivity index (χ4n) is 0.503. The highest BCUT2D eigenvalue weighted by Crippen LogP contribution is 2.02. The van der Waals surface area contributed by atoms with Gasteiger partial charge in [0.25, 0.3) is 0 Å². The molecule has 60 valence electrons. The second-order valence-corrected chi connectivity index (χ2v) is 2.31. The van der Waals surface area contributed by atoms with E-state index < -0.39 is 0 Å². The first kappa shape index (κ1) is 8.07. The highest BCUT2D eigenvalue weighted by Gasteiger charge is 2.01. The number of carbonyl (C=O) groups is 1. The molecule has 0 N–H and O–H groups in total. The summed E-state index contributed by atoms with van der Waals surface area (Å²) in [6.45, 7) is 1.70. The third-order valence-electron chi connectivity index (χ3n) is 1.01. The van der Waals surface area contributed by atoms with Crippen LogP contribution in [0, 0.1) is 0 Å². The van der Waals surface area contributed by atoms with Gasteiger partial charge in [-0.15, -0.1) is 5.10 Å². The Hall–Kier alpha value is -1.03. The third kappa shape index (κ3) is 2.23. The van der Waals surface area contributed by atoms with Crippen molar-refractivity contribution in [2.75, 3.05) is 0 Å². The number of nitrogens with zero attached hydrogens (tertiary/aromatic N) is 2. The summed E-state index contributed by atoms with van der Waals surface area (Å²) in [6.07, 6.45) is 3.12. The van der Waals surface area contributed by atoms with Crippen molar-refractivity contribution in [2.24, 2.45) is 0 Å². The molecule has 0 atom stereocenters. The number of hydrogen-bond donors (Lipinski definition) is 0. The van der Waals surface area contributed by atoms with Crippen molar-refractivity contribution < 1.29 is 9.63 Å². The van der Waals surface area contributed by atoms with Crippen LogP contribution in [-0.2, 0) is 4.79 Å². The molecule has 5 heteroatoms. The average molecular weight is 175 g/mol. The van der Waals surface area contributed by atoms with Crippen molar-refractivity contribution in [3.8, 4) is 0 Å². The molecule has 0 spiro atoms. The quantitative estimate of drug-likeness (QED) is 0.669. The molecule has 0 aromatic carbocycles. The lowest BCUT2D eigenvalue weighted by molar-refractivity contribution is -0.145. The second kappa shape index (κ2) is 3.39. The lowest BCUT2D eigenvalue weighted by Gasteiger charge is -1.98. The molecule has 4 nitrogen and oxygen atoms in total. The lowest BCUT2D eigenvalue weighted by Crippen LogP contribution is -2.18. The van der Waals surface area contributed by atoms with Gasteiger partial charge in [0.15, 0.2) is 0 Å². The van der Waals surface area contributed by atoms with E-state index in [9.17, 15) is 4.79 Å². The molecule has 0 saturated carbocycles. The van der Waals surface area contributed by atoms with Crippen LogP contribution < -0.4 is 4.84 Å². The van der Waals surface area contributed by atoms with Crippen LogP contribution in [0.5, 0.6) is 0 Å². The van der Waals surface area contributed by atoms with Crippen LogP contribution in [0.3, 0.4) is 0 Å². The molecule has 1 aromatic rings. The Morgan fingerprint density at radius 1 is 1.91 bits per heavy atom. The van der Waals surface area contributed by atoms with Gasteiger partial charge in [-0.25, -0.2) is 4.79 Å². The fraction of sp³-hybridized carbons (Fsp3) is 0.333. The Morgan fingerprint density at radius 3 is 3.09 bits per heavy atom. The molecule has 0 unspecified atom stereocenters. The van der Waals surface area contributed by atoms with Crippen molar-refractivity contribution in [1.29, 1.82) is 0 Å². The van der Waals surface area contributed by atoms with Gasteiger partial charge in [-0.3, -0.25) is 0 Å². The normalized spacial score (nSPS) is 9.64. The Kier molecular flexibility index (Phi) is 2.48. The average Bonchev–Trinajstić information content (AvgIpc) is 2.35. The molecule has 0 amide bonds. The molecule has 1 aromatic heterocycles. The summed E-state index contributed by atoms with van der Waals surface area (Å²) < 4.78 is 0. The maximum Gasteiger partial charge on any atom is 0.334 e. The standard InChI is InChI=1S/C6H7ClN2O2/c1-2-6(10)11-9-4-5(7)3-8-9/h3-4H,2H2,1H3. The van der Waals surface area contributed by atoms with E-state index in [4.69, 9.17) is 11.6 Å². The summed E-state index contributed by atoms with van der Waals surface area (Å²) in [5, 5.41) is 4.08. The van der Waals surface area contributed by atoms with E-state index in [1.165, 1.54) is 12.4 Å². The lowest BCUT2D eigenvalue weighted by atomic mass is 10.5. The Labute approximate surface area is 68.7 Å². The van der Waals surface area contributed by atoms with Crippen LogP contribution in [0.1, 0.15) is 13.3 Å². The summed E-state index contributed by atoms with van der Waals surface area (Å²) in [6, 6.07) is 0. The number of carbonyl (C=O) groups excluding carboxylic acids is 1. The maximum atomic E-state index is 10.7. The van der Waals surface area contributed by atoms with Gasteiger partial charge in [-0.05, 0) is 0 Å². The third-order valence-corrected chi connectivity index (χ3v) is 1.21. The Bertz CT molecular complexity index is 259. The van der Waals surface area contributed by atoms with Gasteiger partial charge in [0.2, 0.25) is 0 Å². The molecule has 11 heavy (non-hydrogen) atoms. The van der Waals surface area contributed by atoms with Crippen LogP contribution in [0.25, 0.3) is 0 Å². The van der Waals surface area contributed by atoms with Crippen molar-refractivity contribution in [3.63, 3.8) is 0 Å². The van der Waals surface area contributed by atoms with Gasteiger partial charge in [-0.1, -0.05) is 23.4 Å². The number of aromatic nitrogens is 2. The predicted molar refractivity (Wildman–Crippen MR) is 39.1 cm³/mol.